The zero-order valence-corrected chi connectivity index (χ0v) is 15.7. The van der Waals surface area contributed by atoms with Gasteiger partial charge in [0.15, 0.2) is 5.82 Å². The molecule has 1 saturated heterocycles. The third-order valence-corrected chi connectivity index (χ3v) is 4.63. The second kappa shape index (κ2) is 7.32. The van der Waals surface area contributed by atoms with Crippen molar-refractivity contribution in [3.05, 3.63) is 41.4 Å². The highest BCUT2D eigenvalue weighted by Gasteiger charge is 2.26. The van der Waals surface area contributed by atoms with E-state index in [1.165, 1.54) is 0 Å². The Bertz CT molecular complexity index is 855. The maximum absolute atomic E-state index is 13.7. The summed E-state index contributed by atoms with van der Waals surface area (Å²) in [5.74, 6) is 1.48. The number of ether oxygens (including phenoxy) is 1. The number of rotatable bonds is 5. The van der Waals surface area contributed by atoms with Crippen LogP contribution in [0.25, 0.3) is 17.0 Å². The maximum atomic E-state index is 13.7. The number of allylic oxidation sites excluding steroid dienone is 1. The average Bonchev–Trinajstić information content (AvgIpc) is 3.19. The molecule has 1 aromatic heterocycles. The van der Waals surface area contributed by atoms with Gasteiger partial charge in [-0.3, -0.25) is 0 Å². The Balaban J connectivity index is 2.01. The van der Waals surface area contributed by atoms with Gasteiger partial charge in [-0.15, -0.1) is 0 Å². The second-order valence-corrected chi connectivity index (χ2v) is 6.79. The Labute approximate surface area is 153 Å². The van der Waals surface area contributed by atoms with Gasteiger partial charge in [0.1, 0.15) is 11.9 Å². The number of aromatic amines is 1. The van der Waals surface area contributed by atoms with E-state index in [4.69, 9.17) is 15.1 Å². The highest BCUT2D eigenvalue weighted by atomic mass is 19.1. The number of nitrogens with one attached hydrogen (secondary N) is 2. The lowest BCUT2D eigenvalue weighted by molar-refractivity contribution is 0.338. The van der Waals surface area contributed by atoms with Crippen molar-refractivity contribution in [1.29, 1.82) is 5.41 Å². The molecule has 0 amide bonds. The Morgan fingerprint density at radius 1 is 1.42 bits per heavy atom. The standard InChI is InChI=1S/C20H25FN4O/c1-12-5-6-15(10-18(12)26-4)19-14(3)23-20(24-19)17(9-13(2)22)25-8-7-16(21)11-25/h5-6,9-10,16,22H,7-8,11H2,1-4H3,(H,23,24)/b17-9+,22-13?/t16-/m1/s1. The molecule has 0 aliphatic carbocycles. The van der Waals surface area contributed by atoms with Gasteiger partial charge in [-0.2, -0.15) is 0 Å². The van der Waals surface area contributed by atoms with Gasteiger partial charge in [-0.1, -0.05) is 12.1 Å². The first-order chi connectivity index (χ1) is 12.4. The van der Waals surface area contributed by atoms with Gasteiger partial charge >= 0.3 is 0 Å². The van der Waals surface area contributed by atoms with Crippen LogP contribution in [-0.4, -0.2) is 47.0 Å². The minimum atomic E-state index is -0.832. The van der Waals surface area contributed by atoms with Gasteiger partial charge in [0.05, 0.1) is 18.5 Å². The number of imidazole rings is 1. The fourth-order valence-corrected chi connectivity index (χ4v) is 3.28. The van der Waals surface area contributed by atoms with E-state index in [0.717, 1.165) is 34.0 Å². The monoisotopic (exact) mass is 356 g/mol. The molecular weight excluding hydrogens is 331 g/mol. The second-order valence-electron chi connectivity index (χ2n) is 6.79. The van der Waals surface area contributed by atoms with Crippen LogP contribution in [0.1, 0.15) is 30.4 Å². The Morgan fingerprint density at radius 3 is 2.81 bits per heavy atom. The summed E-state index contributed by atoms with van der Waals surface area (Å²) >= 11 is 0. The van der Waals surface area contributed by atoms with Crippen LogP contribution in [0.2, 0.25) is 0 Å². The fraction of sp³-hybridized carbons (Fsp3) is 0.400. The van der Waals surface area contributed by atoms with Gasteiger partial charge in [0.25, 0.3) is 0 Å². The molecule has 138 valence electrons. The summed E-state index contributed by atoms with van der Waals surface area (Å²) in [5.41, 5.74) is 4.97. The molecule has 1 fully saturated rings. The first kappa shape index (κ1) is 18.2. The Morgan fingerprint density at radius 2 is 2.19 bits per heavy atom. The van der Waals surface area contributed by atoms with E-state index in [9.17, 15) is 4.39 Å². The van der Waals surface area contributed by atoms with Crippen molar-refractivity contribution in [2.75, 3.05) is 20.2 Å². The van der Waals surface area contributed by atoms with Crippen molar-refractivity contribution in [3.8, 4) is 17.0 Å². The predicted molar refractivity (Wildman–Crippen MR) is 103 cm³/mol. The van der Waals surface area contributed by atoms with Gasteiger partial charge in [0.2, 0.25) is 0 Å². The summed E-state index contributed by atoms with van der Waals surface area (Å²) in [5, 5.41) is 7.83. The average molecular weight is 356 g/mol. The van der Waals surface area contributed by atoms with Crippen LogP contribution < -0.4 is 4.74 Å². The van der Waals surface area contributed by atoms with Crippen molar-refractivity contribution in [2.24, 2.45) is 0 Å². The van der Waals surface area contributed by atoms with Crippen LogP contribution in [0.15, 0.2) is 24.3 Å². The molecule has 3 rings (SSSR count). The molecule has 2 N–H and O–H groups in total. The molecule has 5 nitrogen and oxygen atoms in total. The quantitative estimate of drug-likeness (QED) is 0.792. The van der Waals surface area contributed by atoms with Gasteiger partial charge in [0, 0.05) is 30.1 Å². The van der Waals surface area contributed by atoms with E-state index in [2.05, 4.69) is 4.98 Å². The van der Waals surface area contributed by atoms with Crippen LogP contribution in [0.3, 0.4) is 0 Å². The van der Waals surface area contributed by atoms with E-state index in [1.54, 1.807) is 20.1 Å². The molecule has 0 spiro atoms. The number of aryl methyl sites for hydroxylation is 2. The van der Waals surface area contributed by atoms with Crippen LogP contribution in [0.4, 0.5) is 4.39 Å². The molecule has 1 aromatic carbocycles. The Hall–Kier alpha value is -2.63. The largest absolute Gasteiger partial charge is 0.496 e. The molecule has 0 unspecified atom stereocenters. The Kier molecular flexibility index (Phi) is 5.11. The molecule has 0 radical (unpaired) electrons. The first-order valence-corrected chi connectivity index (χ1v) is 8.77. The highest BCUT2D eigenvalue weighted by molar-refractivity contribution is 5.96. The summed E-state index contributed by atoms with van der Waals surface area (Å²) in [6, 6.07) is 6.00. The molecule has 0 bridgehead atoms. The van der Waals surface area contributed by atoms with Crippen LogP contribution in [-0.2, 0) is 0 Å². The van der Waals surface area contributed by atoms with E-state index >= 15 is 0 Å². The van der Waals surface area contributed by atoms with E-state index < -0.39 is 6.17 Å². The number of alkyl halides is 1. The number of H-pyrrole nitrogens is 1. The highest BCUT2D eigenvalue weighted by Crippen LogP contribution is 2.30. The van der Waals surface area contributed by atoms with Crippen LogP contribution in [0, 0.1) is 19.3 Å². The minimum Gasteiger partial charge on any atom is -0.496 e. The summed E-state index contributed by atoms with van der Waals surface area (Å²) < 4.78 is 19.1. The number of aromatic nitrogens is 2. The third-order valence-electron chi connectivity index (χ3n) is 4.63. The molecule has 1 aliphatic rings. The maximum Gasteiger partial charge on any atom is 0.154 e. The SMILES string of the molecule is COc1cc(-c2nc(/C(=C\C(C)=N)N3CC[C@@H](F)C3)[nH]c2C)ccc1C. The van der Waals surface area contributed by atoms with Crippen molar-refractivity contribution < 1.29 is 9.13 Å². The number of methoxy groups -OCH3 is 1. The number of likely N-dealkylation sites (tertiary alicyclic amines) is 1. The molecule has 1 atom stereocenters. The number of nitrogens with zero attached hydrogens (tertiary/aromatic N) is 2. The van der Waals surface area contributed by atoms with Crippen LogP contribution >= 0.6 is 0 Å². The summed E-state index contributed by atoms with van der Waals surface area (Å²) in [6.45, 7) is 6.65. The number of benzene rings is 1. The molecular formula is C20H25FN4O. The van der Waals surface area contributed by atoms with Crippen molar-refractivity contribution in [1.82, 2.24) is 14.9 Å². The zero-order valence-electron chi connectivity index (χ0n) is 15.7. The topological polar surface area (TPSA) is 65.0 Å². The lowest BCUT2D eigenvalue weighted by atomic mass is 10.1. The predicted octanol–water partition coefficient (Wildman–Crippen LogP) is 4.13. The molecule has 2 aromatic rings. The number of hydrogen-bond acceptors (Lipinski definition) is 4. The summed E-state index contributed by atoms with van der Waals surface area (Å²) in [4.78, 5) is 10.0. The number of hydrogen-bond donors (Lipinski definition) is 2. The van der Waals surface area contributed by atoms with Gasteiger partial charge in [-0.05, 0) is 44.9 Å². The van der Waals surface area contributed by atoms with Gasteiger partial charge < -0.3 is 20.0 Å². The zero-order chi connectivity index (χ0) is 18.8. The smallest absolute Gasteiger partial charge is 0.154 e. The number of halogens is 1. The third kappa shape index (κ3) is 3.64. The summed E-state index contributed by atoms with van der Waals surface area (Å²) in [7, 11) is 1.66. The normalized spacial score (nSPS) is 17.7. The fourth-order valence-electron chi connectivity index (χ4n) is 3.28. The molecule has 26 heavy (non-hydrogen) atoms. The minimum absolute atomic E-state index is 0.340. The first-order valence-electron chi connectivity index (χ1n) is 8.77. The lowest BCUT2D eigenvalue weighted by Crippen LogP contribution is -2.21. The molecule has 1 aliphatic heterocycles. The van der Waals surface area contributed by atoms with Crippen molar-refractivity contribution in [2.45, 2.75) is 33.4 Å². The van der Waals surface area contributed by atoms with E-state index in [0.29, 0.717) is 31.0 Å². The molecule has 0 saturated carbocycles. The van der Waals surface area contributed by atoms with Crippen molar-refractivity contribution >= 4 is 11.4 Å². The van der Waals surface area contributed by atoms with E-state index in [-0.39, 0.29) is 0 Å². The van der Waals surface area contributed by atoms with Crippen LogP contribution in [0.5, 0.6) is 5.75 Å². The van der Waals surface area contributed by atoms with Crippen molar-refractivity contribution in [3.63, 3.8) is 0 Å². The lowest BCUT2D eigenvalue weighted by Gasteiger charge is -2.19. The van der Waals surface area contributed by atoms with E-state index in [1.807, 2.05) is 36.9 Å². The molecule has 6 heteroatoms. The molecule has 2 heterocycles. The van der Waals surface area contributed by atoms with Gasteiger partial charge in [-0.25, -0.2) is 9.37 Å². The summed E-state index contributed by atoms with van der Waals surface area (Å²) in [6.07, 6.45) is 1.42.